The molecule has 1 aromatic carbocycles. The molecule has 9 heteroatoms. The fourth-order valence-electron chi connectivity index (χ4n) is 2.05. The van der Waals surface area contributed by atoms with E-state index in [1.165, 1.54) is 0 Å². The predicted molar refractivity (Wildman–Crippen MR) is 71.0 cm³/mol. The molecular weight excluding hydrogens is 300 g/mol. The number of imide groups is 1. The molecule has 1 heterocycles. The summed E-state index contributed by atoms with van der Waals surface area (Å²) in [7, 11) is 1.08. The topological polar surface area (TPSA) is 111 Å². The van der Waals surface area contributed by atoms with Gasteiger partial charge in [-0.1, -0.05) is 0 Å². The lowest BCUT2D eigenvalue weighted by Crippen LogP contribution is -2.52. The summed E-state index contributed by atoms with van der Waals surface area (Å²) in [5.41, 5.74) is 4.11. The summed E-state index contributed by atoms with van der Waals surface area (Å²) in [4.78, 5) is 34.6. The molecule has 22 heavy (non-hydrogen) atoms. The molecule has 0 radical (unpaired) electrons. The number of carbonyl (C=O) groups excluding carboxylic acids is 3. The van der Waals surface area contributed by atoms with Crippen LogP contribution in [0, 0.1) is 11.6 Å². The monoisotopic (exact) mass is 313 g/mol. The lowest BCUT2D eigenvalue weighted by molar-refractivity contribution is -0.134. The maximum Gasteiger partial charge on any atom is 0.255 e. The van der Waals surface area contributed by atoms with E-state index in [1.54, 1.807) is 0 Å². The minimum atomic E-state index is -1.13. The predicted octanol–water partition coefficient (Wildman–Crippen LogP) is 0.0906. The van der Waals surface area contributed by atoms with Gasteiger partial charge >= 0.3 is 0 Å². The Hall–Kier alpha value is -2.71. The number of nitrogens with one attached hydrogen (secondary N) is 2. The van der Waals surface area contributed by atoms with Crippen LogP contribution in [0.1, 0.15) is 23.2 Å². The molecule has 0 spiro atoms. The summed E-state index contributed by atoms with van der Waals surface area (Å²) in [5.74, 6) is -4.91. The number of amides is 3. The molecule has 1 aromatic rings. The number of nitrogen functional groups attached to an aromatic ring is 1. The third-order valence-electron chi connectivity index (χ3n) is 3.20. The Kier molecular flexibility index (Phi) is 4.25. The average molecular weight is 313 g/mol. The zero-order valence-electron chi connectivity index (χ0n) is 11.5. The summed E-state index contributed by atoms with van der Waals surface area (Å²) in [6.45, 7) is 0. The Balaban J connectivity index is 2.25. The summed E-state index contributed by atoms with van der Waals surface area (Å²) in [6, 6.07) is -0.384. The van der Waals surface area contributed by atoms with Gasteiger partial charge < -0.3 is 15.8 Å². The minimum absolute atomic E-state index is 0.0403. The molecule has 0 saturated carbocycles. The molecule has 2 rings (SSSR count). The number of rotatable bonds is 3. The van der Waals surface area contributed by atoms with Gasteiger partial charge in [0, 0.05) is 6.42 Å². The second-order valence-electron chi connectivity index (χ2n) is 4.64. The van der Waals surface area contributed by atoms with Crippen LogP contribution in [0.3, 0.4) is 0 Å². The van der Waals surface area contributed by atoms with Crippen LogP contribution in [0.15, 0.2) is 6.07 Å². The fourth-order valence-corrected chi connectivity index (χ4v) is 2.05. The van der Waals surface area contributed by atoms with Crippen LogP contribution in [0.2, 0.25) is 0 Å². The second-order valence-corrected chi connectivity index (χ2v) is 4.64. The summed E-state index contributed by atoms with van der Waals surface area (Å²) in [5, 5.41) is 4.28. The van der Waals surface area contributed by atoms with E-state index in [-0.39, 0.29) is 12.8 Å². The van der Waals surface area contributed by atoms with Gasteiger partial charge in [0.25, 0.3) is 5.91 Å². The zero-order valence-corrected chi connectivity index (χ0v) is 11.5. The Labute approximate surface area is 123 Å². The average Bonchev–Trinajstić information content (AvgIpc) is 2.46. The highest BCUT2D eigenvalue weighted by atomic mass is 19.1. The van der Waals surface area contributed by atoms with Crippen LogP contribution < -0.4 is 21.1 Å². The highest BCUT2D eigenvalue weighted by Gasteiger charge is 2.30. The first-order chi connectivity index (χ1) is 10.3. The van der Waals surface area contributed by atoms with Crippen LogP contribution >= 0.6 is 0 Å². The first kappa shape index (κ1) is 15.7. The lowest BCUT2D eigenvalue weighted by atomic mass is 10.0. The van der Waals surface area contributed by atoms with Gasteiger partial charge in [-0.15, -0.1) is 0 Å². The van der Waals surface area contributed by atoms with E-state index < -0.39 is 52.4 Å². The number of halogens is 2. The first-order valence-corrected chi connectivity index (χ1v) is 6.31. The number of hydrogen-bond acceptors (Lipinski definition) is 5. The number of piperidine rings is 1. The van der Waals surface area contributed by atoms with E-state index in [1.807, 2.05) is 5.32 Å². The standard InChI is InChI=1S/C13H13F2N3O4/c1-22-11-9(15)5(4-6(14)10(11)16)12(20)17-7-2-3-8(19)18-13(7)21/h4,7H,2-3,16H2,1H3,(H,17,20)(H,18,19,21). The summed E-state index contributed by atoms with van der Waals surface area (Å²) in [6.07, 6.45) is 0.116. The smallest absolute Gasteiger partial charge is 0.255 e. The van der Waals surface area contributed by atoms with Crippen LogP contribution in [0.25, 0.3) is 0 Å². The Morgan fingerprint density at radius 1 is 1.45 bits per heavy atom. The summed E-state index contributed by atoms with van der Waals surface area (Å²) >= 11 is 0. The molecule has 4 N–H and O–H groups in total. The third kappa shape index (κ3) is 2.83. The van der Waals surface area contributed by atoms with Crippen molar-refractivity contribution in [3.63, 3.8) is 0 Å². The van der Waals surface area contributed by atoms with Crippen LogP contribution in [-0.2, 0) is 9.59 Å². The van der Waals surface area contributed by atoms with E-state index in [0.717, 1.165) is 7.11 Å². The molecule has 1 atom stereocenters. The molecule has 1 saturated heterocycles. The highest BCUT2D eigenvalue weighted by Crippen LogP contribution is 2.30. The van der Waals surface area contributed by atoms with Gasteiger partial charge in [0.1, 0.15) is 11.7 Å². The Bertz CT molecular complexity index is 663. The van der Waals surface area contributed by atoms with Crippen molar-refractivity contribution in [1.29, 1.82) is 0 Å². The molecule has 7 nitrogen and oxygen atoms in total. The zero-order chi connectivity index (χ0) is 16.4. The number of nitrogens with two attached hydrogens (primary N) is 1. The highest BCUT2D eigenvalue weighted by molar-refractivity contribution is 6.04. The molecule has 1 unspecified atom stereocenters. The Morgan fingerprint density at radius 2 is 2.14 bits per heavy atom. The Morgan fingerprint density at radius 3 is 2.73 bits per heavy atom. The van der Waals surface area contributed by atoms with Crippen LogP contribution in [0.5, 0.6) is 5.75 Å². The molecule has 1 fully saturated rings. The van der Waals surface area contributed by atoms with Crippen molar-refractivity contribution in [1.82, 2.24) is 10.6 Å². The molecule has 1 aliphatic rings. The molecule has 1 aliphatic heterocycles. The molecule has 0 aliphatic carbocycles. The van der Waals surface area contributed by atoms with Crippen molar-refractivity contribution in [2.24, 2.45) is 0 Å². The van der Waals surface area contributed by atoms with Crippen LogP contribution in [0.4, 0.5) is 14.5 Å². The number of benzene rings is 1. The van der Waals surface area contributed by atoms with E-state index in [2.05, 4.69) is 10.1 Å². The molecule has 118 valence electrons. The van der Waals surface area contributed by atoms with Crippen molar-refractivity contribution in [3.05, 3.63) is 23.3 Å². The van der Waals surface area contributed by atoms with Crippen molar-refractivity contribution in [3.8, 4) is 5.75 Å². The van der Waals surface area contributed by atoms with E-state index in [0.29, 0.717) is 6.07 Å². The van der Waals surface area contributed by atoms with Gasteiger partial charge in [0.05, 0.1) is 12.7 Å². The van der Waals surface area contributed by atoms with Gasteiger partial charge in [-0.05, 0) is 12.5 Å². The third-order valence-corrected chi connectivity index (χ3v) is 3.20. The molecule has 0 bridgehead atoms. The van der Waals surface area contributed by atoms with E-state index in [4.69, 9.17) is 5.73 Å². The normalized spacial score (nSPS) is 17.9. The van der Waals surface area contributed by atoms with Crippen LogP contribution in [-0.4, -0.2) is 30.9 Å². The van der Waals surface area contributed by atoms with Crippen molar-refractivity contribution < 1.29 is 27.9 Å². The van der Waals surface area contributed by atoms with Crippen molar-refractivity contribution >= 4 is 23.4 Å². The van der Waals surface area contributed by atoms with Gasteiger partial charge in [-0.25, -0.2) is 8.78 Å². The van der Waals surface area contributed by atoms with Gasteiger partial charge in [0.2, 0.25) is 11.8 Å². The first-order valence-electron chi connectivity index (χ1n) is 6.31. The largest absolute Gasteiger partial charge is 0.491 e. The number of ether oxygens (including phenoxy) is 1. The SMILES string of the molecule is COc1c(N)c(F)cc(C(=O)NC2CCC(=O)NC2=O)c1F. The van der Waals surface area contributed by atoms with Gasteiger partial charge in [0.15, 0.2) is 17.4 Å². The number of hydrogen-bond donors (Lipinski definition) is 3. The molecular formula is C13H13F2N3O4. The lowest BCUT2D eigenvalue weighted by Gasteiger charge is -2.22. The van der Waals surface area contributed by atoms with E-state index in [9.17, 15) is 23.2 Å². The quantitative estimate of drug-likeness (QED) is 0.541. The number of carbonyl (C=O) groups is 3. The fraction of sp³-hybridized carbons (Fsp3) is 0.308. The van der Waals surface area contributed by atoms with Gasteiger partial charge in [-0.2, -0.15) is 0 Å². The van der Waals surface area contributed by atoms with Crippen molar-refractivity contribution in [2.75, 3.05) is 12.8 Å². The second kappa shape index (κ2) is 5.96. The maximum atomic E-state index is 14.1. The number of anilines is 1. The minimum Gasteiger partial charge on any atom is -0.491 e. The van der Waals surface area contributed by atoms with Crippen molar-refractivity contribution in [2.45, 2.75) is 18.9 Å². The van der Waals surface area contributed by atoms with E-state index >= 15 is 0 Å². The van der Waals surface area contributed by atoms with Gasteiger partial charge in [-0.3, -0.25) is 19.7 Å². The maximum absolute atomic E-state index is 14.1. The molecule has 3 amide bonds. The number of methoxy groups -OCH3 is 1. The molecule has 0 aromatic heterocycles. The summed E-state index contributed by atoms with van der Waals surface area (Å²) < 4.78 is 32.3.